The quantitative estimate of drug-likeness (QED) is 0.469. The largest absolute Gasteiger partial charge is 0.416 e. The number of rotatable bonds is 0. The summed E-state index contributed by atoms with van der Waals surface area (Å²) in [6.07, 6.45) is -9.50. The molecule has 15 heavy (non-hydrogen) atoms. The fraction of sp³-hybridized carbons (Fsp3) is 0.250. The van der Waals surface area contributed by atoms with Gasteiger partial charge in [0.05, 0.1) is 11.1 Å². The first-order valence-electron chi connectivity index (χ1n) is 3.46. The Kier molecular flexibility index (Phi) is 3.85. The molecule has 81 valence electrons. The van der Waals surface area contributed by atoms with Crippen LogP contribution in [-0.4, -0.2) is 8.41 Å². The van der Waals surface area contributed by atoms with Crippen molar-refractivity contribution in [3.05, 3.63) is 35.4 Å². The molecule has 0 bridgehead atoms. The van der Waals surface area contributed by atoms with Gasteiger partial charge in [0.2, 0.25) is 0 Å². The maximum Gasteiger partial charge on any atom is 0.416 e. The van der Waals surface area contributed by atoms with Gasteiger partial charge in [-0.25, -0.2) is 0 Å². The van der Waals surface area contributed by atoms with Gasteiger partial charge in [-0.15, -0.1) is 0 Å². The third kappa shape index (κ3) is 3.49. The third-order valence-electron chi connectivity index (χ3n) is 1.52. The highest BCUT2D eigenvalue weighted by molar-refractivity contribution is 5.75. The summed E-state index contributed by atoms with van der Waals surface area (Å²) in [5.41, 5.74) is -2.60. The van der Waals surface area contributed by atoms with Gasteiger partial charge in [-0.2, -0.15) is 26.3 Å². The number of hydrogen-bond acceptors (Lipinski definition) is 0. The highest BCUT2D eigenvalue weighted by Gasteiger charge is 2.35. The number of alkyl halides is 6. The molecule has 7 heteroatoms. The fourth-order valence-electron chi connectivity index (χ4n) is 0.872. The zero-order chi connectivity index (χ0) is 11.0. The van der Waals surface area contributed by atoms with Crippen LogP contribution in [0.1, 0.15) is 11.1 Å². The van der Waals surface area contributed by atoms with E-state index >= 15 is 0 Å². The first-order chi connectivity index (χ1) is 6.21. The van der Waals surface area contributed by atoms with Crippen LogP contribution in [0.25, 0.3) is 0 Å². The highest BCUT2D eigenvalue weighted by atomic mass is 19.4. The van der Waals surface area contributed by atoms with E-state index in [2.05, 4.69) is 0 Å². The molecular weight excluding hydrogens is 221 g/mol. The van der Waals surface area contributed by atoms with Crippen LogP contribution in [0.4, 0.5) is 26.3 Å². The Morgan fingerprint density at radius 1 is 0.733 bits per heavy atom. The minimum atomic E-state index is -4.75. The summed E-state index contributed by atoms with van der Waals surface area (Å²) in [5.74, 6) is 0. The zero-order valence-electron chi connectivity index (χ0n) is 7.15. The number of hydrogen-bond donors (Lipinski definition) is 0. The van der Waals surface area contributed by atoms with E-state index in [4.69, 9.17) is 0 Å². The molecule has 0 fully saturated rings. The van der Waals surface area contributed by atoms with E-state index in [9.17, 15) is 26.3 Å². The van der Waals surface area contributed by atoms with Crippen LogP contribution in [0.3, 0.4) is 0 Å². The van der Waals surface area contributed by atoms with Crippen LogP contribution in [0.15, 0.2) is 24.3 Å². The Bertz CT molecular complexity index is 297. The Hall–Kier alpha value is -1.14. The molecule has 0 heterocycles. The summed E-state index contributed by atoms with van der Waals surface area (Å²) in [6.45, 7) is 0. The Morgan fingerprint density at radius 2 is 1.07 bits per heavy atom. The summed E-state index contributed by atoms with van der Waals surface area (Å²) < 4.78 is 71.9. The minimum Gasteiger partial charge on any atom is -0.166 e. The molecule has 1 aromatic carbocycles. The Balaban J connectivity index is 0.00000196. The van der Waals surface area contributed by atoms with E-state index in [1.807, 2.05) is 0 Å². The van der Waals surface area contributed by atoms with Gasteiger partial charge in [-0.1, -0.05) is 6.07 Å². The standard InChI is InChI=1S/C8H4F6.B/c9-7(10,11)5-2-1-3-6(4-5)8(12,13)14;/h1-4H;. The van der Waals surface area contributed by atoms with E-state index in [0.29, 0.717) is 12.1 Å². The van der Waals surface area contributed by atoms with Crippen molar-refractivity contribution in [3.63, 3.8) is 0 Å². The van der Waals surface area contributed by atoms with Crippen LogP contribution in [-0.2, 0) is 12.4 Å². The predicted octanol–water partition coefficient (Wildman–Crippen LogP) is 3.34. The molecule has 3 radical (unpaired) electrons. The lowest BCUT2D eigenvalue weighted by Crippen LogP contribution is -2.09. The van der Waals surface area contributed by atoms with Crippen LogP contribution >= 0.6 is 0 Å². The second-order valence-electron chi connectivity index (χ2n) is 2.58. The zero-order valence-corrected chi connectivity index (χ0v) is 7.15. The van der Waals surface area contributed by atoms with Crippen molar-refractivity contribution < 1.29 is 26.3 Å². The van der Waals surface area contributed by atoms with E-state index in [-0.39, 0.29) is 14.5 Å². The molecule has 0 aromatic heterocycles. The van der Waals surface area contributed by atoms with Gasteiger partial charge in [0, 0.05) is 8.41 Å². The highest BCUT2D eigenvalue weighted by Crippen LogP contribution is 2.34. The van der Waals surface area contributed by atoms with Gasteiger partial charge in [0.1, 0.15) is 0 Å². The Morgan fingerprint density at radius 3 is 1.33 bits per heavy atom. The van der Waals surface area contributed by atoms with Gasteiger partial charge in [0.25, 0.3) is 0 Å². The average molecular weight is 225 g/mol. The molecule has 1 aromatic rings. The smallest absolute Gasteiger partial charge is 0.166 e. The maximum absolute atomic E-state index is 12.0. The molecule has 0 aliphatic carbocycles. The van der Waals surface area contributed by atoms with Crippen molar-refractivity contribution in [2.24, 2.45) is 0 Å². The Labute approximate surface area is 83.5 Å². The molecule has 0 aliphatic heterocycles. The topological polar surface area (TPSA) is 0 Å². The first kappa shape index (κ1) is 13.9. The minimum absolute atomic E-state index is 0. The molecule has 0 aliphatic rings. The summed E-state index contributed by atoms with van der Waals surface area (Å²) in [6, 6.07) is 2.00. The van der Waals surface area contributed by atoms with Gasteiger partial charge >= 0.3 is 12.4 Å². The van der Waals surface area contributed by atoms with Gasteiger partial charge in [0.15, 0.2) is 0 Å². The summed E-state index contributed by atoms with van der Waals surface area (Å²) in [5, 5.41) is 0. The molecule has 0 N–H and O–H groups in total. The van der Waals surface area contributed by atoms with Crippen molar-refractivity contribution in [2.75, 3.05) is 0 Å². The van der Waals surface area contributed by atoms with E-state index in [1.165, 1.54) is 0 Å². The fourth-order valence-corrected chi connectivity index (χ4v) is 0.872. The third-order valence-corrected chi connectivity index (χ3v) is 1.52. The number of benzene rings is 1. The van der Waals surface area contributed by atoms with Gasteiger partial charge in [-0.3, -0.25) is 0 Å². The van der Waals surface area contributed by atoms with Crippen molar-refractivity contribution in [2.45, 2.75) is 12.4 Å². The van der Waals surface area contributed by atoms with Crippen LogP contribution in [0.5, 0.6) is 0 Å². The first-order valence-corrected chi connectivity index (χ1v) is 3.46. The lowest BCUT2D eigenvalue weighted by molar-refractivity contribution is -0.143. The van der Waals surface area contributed by atoms with Gasteiger partial charge in [-0.05, 0) is 18.2 Å². The molecule has 1 rings (SSSR count). The van der Waals surface area contributed by atoms with E-state index < -0.39 is 23.5 Å². The molecule has 0 unspecified atom stereocenters. The molecule has 0 spiro atoms. The van der Waals surface area contributed by atoms with Crippen LogP contribution in [0, 0.1) is 0 Å². The molecule has 0 saturated carbocycles. The normalized spacial score (nSPS) is 12.1. The monoisotopic (exact) mass is 225 g/mol. The predicted molar refractivity (Wildman–Crippen MR) is 42.2 cm³/mol. The lowest BCUT2D eigenvalue weighted by Gasteiger charge is -2.10. The van der Waals surface area contributed by atoms with Gasteiger partial charge < -0.3 is 0 Å². The van der Waals surface area contributed by atoms with Crippen molar-refractivity contribution in [1.29, 1.82) is 0 Å². The summed E-state index contributed by atoms with van der Waals surface area (Å²) in [4.78, 5) is 0. The summed E-state index contributed by atoms with van der Waals surface area (Å²) in [7, 11) is 0. The van der Waals surface area contributed by atoms with E-state index in [1.54, 1.807) is 0 Å². The summed E-state index contributed by atoms with van der Waals surface area (Å²) >= 11 is 0. The number of halogens is 6. The van der Waals surface area contributed by atoms with Crippen molar-refractivity contribution >= 4 is 8.41 Å². The molecule has 0 nitrogen and oxygen atoms in total. The van der Waals surface area contributed by atoms with Crippen LogP contribution < -0.4 is 0 Å². The maximum atomic E-state index is 12.0. The molecule has 0 saturated heterocycles. The molecule has 0 atom stereocenters. The molecular formula is C8H4BF6. The molecule has 0 amide bonds. The van der Waals surface area contributed by atoms with Crippen molar-refractivity contribution in [1.82, 2.24) is 0 Å². The van der Waals surface area contributed by atoms with E-state index in [0.717, 1.165) is 6.07 Å². The lowest BCUT2D eigenvalue weighted by atomic mass is 10.1. The van der Waals surface area contributed by atoms with Crippen molar-refractivity contribution in [3.8, 4) is 0 Å². The second-order valence-corrected chi connectivity index (χ2v) is 2.58. The SMILES string of the molecule is FC(F)(F)c1cccc(C(F)(F)F)c1.[B]. The average Bonchev–Trinajstić information content (AvgIpc) is 2.01. The van der Waals surface area contributed by atoms with Crippen LogP contribution in [0.2, 0.25) is 0 Å². The second kappa shape index (κ2) is 4.16.